The molecule has 1 atom stereocenters. The summed E-state index contributed by atoms with van der Waals surface area (Å²) >= 11 is 3.13. The minimum Gasteiger partial charge on any atom is -0.372 e. The van der Waals surface area contributed by atoms with Crippen LogP contribution in [0.5, 0.6) is 0 Å². The lowest BCUT2D eigenvalue weighted by Crippen LogP contribution is -2.19. The SMILES string of the molecule is CC(CBr)COCC(F)(F)F. The third kappa shape index (κ3) is 8.13. The molecule has 1 nitrogen and oxygen atoms in total. The van der Waals surface area contributed by atoms with Gasteiger partial charge in [-0.1, -0.05) is 22.9 Å². The van der Waals surface area contributed by atoms with Crippen molar-refractivity contribution in [2.24, 2.45) is 5.92 Å². The lowest BCUT2D eigenvalue weighted by atomic mass is 10.2. The van der Waals surface area contributed by atoms with Gasteiger partial charge in [0, 0.05) is 5.33 Å². The van der Waals surface area contributed by atoms with Crippen LogP contribution >= 0.6 is 15.9 Å². The smallest absolute Gasteiger partial charge is 0.372 e. The highest BCUT2D eigenvalue weighted by Crippen LogP contribution is 2.15. The molecular formula is C6H10BrF3O. The summed E-state index contributed by atoms with van der Waals surface area (Å²) in [6, 6.07) is 0. The molecule has 68 valence electrons. The summed E-state index contributed by atoms with van der Waals surface area (Å²) < 4.78 is 38.8. The Morgan fingerprint density at radius 2 is 2.00 bits per heavy atom. The van der Waals surface area contributed by atoms with Crippen LogP contribution in [0.25, 0.3) is 0 Å². The molecule has 0 aliphatic heterocycles. The summed E-state index contributed by atoms with van der Waals surface area (Å²) in [5.74, 6) is 0.123. The maximum Gasteiger partial charge on any atom is 0.411 e. The third-order valence-corrected chi connectivity index (χ3v) is 2.04. The molecule has 0 radical (unpaired) electrons. The highest BCUT2D eigenvalue weighted by Gasteiger charge is 2.27. The monoisotopic (exact) mass is 234 g/mol. The van der Waals surface area contributed by atoms with Crippen molar-refractivity contribution in [1.29, 1.82) is 0 Å². The predicted molar refractivity (Wildman–Crippen MR) is 39.8 cm³/mol. The van der Waals surface area contributed by atoms with Gasteiger partial charge in [-0.3, -0.25) is 0 Å². The molecule has 0 saturated carbocycles. The van der Waals surface area contributed by atoms with E-state index in [1.54, 1.807) is 0 Å². The van der Waals surface area contributed by atoms with Crippen molar-refractivity contribution < 1.29 is 17.9 Å². The Labute approximate surface area is 72.0 Å². The number of rotatable bonds is 4. The lowest BCUT2D eigenvalue weighted by Gasteiger charge is -2.10. The van der Waals surface area contributed by atoms with Crippen LogP contribution < -0.4 is 0 Å². The summed E-state index contributed by atoms with van der Waals surface area (Å²) in [4.78, 5) is 0. The van der Waals surface area contributed by atoms with Crippen LogP contribution in [0.15, 0.2) is 0 Å². The highest BCUT2D eigenvalue weighted by atomic mass is 79.9. The van der Waals surface area contributed by atoms with Crippen molar-refractivity contribution in [3.05, 3.63) is 0 Å². The average Bonchev–Trinajstić information content (AvgIpc) is 1.85. The molecule has 0 rings (SSSR count). The van der Waals surface area contributed by atoms with Gasteiger partial charge in [0.2, 0.25) is 0 Å². The quantitative estimate of drug-likeness (QED) is 0.680. The fraction of sp³-hybridized carbons (Fsp3) is 1.00. The van der Waals surface area contributed by atoms with Gasteiger partial charge in [0.05, 0.1) is 6.61 Å². The molecule has 0 aliphatic carbocycles. The molecule has 1 unspecified atom stereocenters. The van der Waals surface area contributed by atoms with E-state index in [1.807, 2.05) is 6.92 Å². The molecular weight excluding hydrogens is 225 g/mol. The van der Waals surface area contributed by atoms with E-state index in [9.17, 15) is 13.2 Å². The normalized spacial score (nSPS) is 15.0. The molecule has 0 fully saturated rings. The van der Waals surface area contributed by atoms with Crippen LogP contribution in [-0.2, 0) is 4.74 Å². The summed E-state index contributed by atoms with van der Waals surface area (Å²) in [7, 11) is 0. The zero-order chi connectivity index (χ0) is 8.91. The van der Waals surface area contributed by atoms with Gasteiger partial charge >= 0.3 is 6.18 Å². The first-order chi connectivity index (χ1) is 4.95. The lowest BCUT2D eigenvalue weighted by molar-refractivity contribution is -0.175. The van der Waals surface area contributed by atoms with Gasteiger partial charge in [-0.2, -0.15) is 13.2 Å². The van der Waals surface area contributed by atoms with Gasteiger partial charge < -0.3 is 4.74 Å². The molecule has 5 heteroatoms. The van der Waals surface area contributed by atoms with Crippen LogP contribution in [0.4, 0.5) is 13.2 Å². The zero-order valence-electron chi connectivity index (χ0n) is 6.12. The Morgan fingerprint density at radius 1 is 1.45 bits per heavy atom. The summed E-state index contributed by atoms with van der Waals surface area (Å²) in [6.07, 6.45) is -4.20. The molecule has 0 saturated heterocycles. The summed E-state index contributed by atoms with van der Waals surface area (Å²) in [5, 5.41) is 0.658. The van der Waals surface area contributed by atoms with Gasteiger partial charge in [0.1, 0.15) is 6.61 Å². The first-order valence-corrected chi connectivity index (χ1v) is 4.28. The summed E-state index contributed by atoms with van der Waals surface area (Å²) in [5.41, 5.74) is 0. The largest absolute Gasteiger partial charge is 0.411 e. The highest BCUT2D eigenvalue weighted by molar-refractivity contribution is 9.09. The Kier molecular flexibility index (Phi) is 5.08. The fourth-order valence-electron chi connectivity index (χ4n) is 0.420. The van der Waals surface area contributed by atoms with E-state index in [0.717, 1.165) is 0 Å². The molecule has 0 aliphatic rings. The van der Waals surface area contributed by atoms with Gasteiger partial charge in [-0.25, -0.2) is 0 Å². The molecule has 0 amide bonds. The average molecular weight is 235 g/mol. The first-order valence-electron chi connectivity index (χ1n) is 3.16. The van der Waals surface area contributed by atoms with Crippen molar-refractivity contribution in [2.75, 3.05) is 18.5 Å². The minimum absolute atomic E-state index is 0.123. The van der Waals surface area contributed by atoms with Crippen molar-refractivity contribution in [3.8, 4) is 0 Å². The number of hydrogen-bond donors (Lipinski definition) is 0. The number of alkyl halides is 4. The van der Waals surface area contributed by atoms with Crippen molar-refractivity contribution in [1.82, 2.24) is 0 Å². The van der Waals surface area contributed by atoms with Crippen molar-refractivity contribution in [2.45, 2.75) is 13.1 Å². The van der Waals surface area contributed by atoms with Crippen molar-refractivity contribution in [3.63, 3.8) is 0 Å². The van der Waals surface area contributed by atoms with Gasteiger partial charge in [0.15, 0.2) is 0 Å². The second-order valence-electron chi connectivity index (χ2n) is 2.39. The van der Waals surface area contributed by atoms with Gasteiger partial charge in [-0.05, 0) is 5.92 Å². The van der Waals surface area contributed by atoms with E-state index in [2.05, 4.69) is 20.7 Å². The number of halogens is 4. The second kappa shape index (κ2) is 4.98. The molecule has 0 heterocycles. The number of hydrogen-bond acceptors (Lipinski definition) is 1. The topological polar surface area (TPSA) is 9.23 Å². The second-order valence-corrected chi connectivity index (χ2v) is 3.04. The van der Waals surface area contributed by atoms with Crippen LogP contribution in [0.3, 0.4) is 0 Å². The maximum atomic E-state index is 11.5. The zero-order valence-corrected chi connectivity index (χ0v) is 7.70. The Bertz CT molecular complexity index is 104. The van der Waals surface area contributed by atoms with E-state index < -0.39 is 12.8 Å². The molecule has 0 aromatic carbocycles. The minimum atomic E-state index is -4.20. The van der Waals surface area contributed by atoms with Gasteiger partial charge in [0.25, 0.3) is 0 Å². The van der Waals surface area contributed by atoms with Crippen LogP contribution in [0.2, 0.25) is 0 Å². The molecule has 0 aromatic heterocycles. The first kappa shape index (κ1) is 11.2. The van der Waals surface area contributed by atoms with E-state index in [1.165, 1.54) is 0 Å². The van der Waals surface area contributed by atoms with E-state index in [-0.39, 0.29) is 12.5 Å². The third-order valence-electron chi connectivity index (χ3n) is 0.932. The Balaban J connectivity index is 3.28. The standard InChI is InChI=1S/C6H10BrF3O/c1-5(2-7)3-11-4-6(8,9)10/h5H,2-4H2,1H3. The van der Waals surface area contributed by atoms with Crippen molar-refractivity contribution >= 4 is 15.9 Å². The molecule has 0 bridgehead atoms. The molecule has 0 spiro atoms. The van der Waals surface area contributed by atoms with Gasteiger partial charge in [-0.15, -0.1) is 0 Å². The van der Waals surface area contributed by atoms with Crippen LogP contribution in [0.1, 0.15) is 6.92 Å². The Morgan fingerprint density at radius 3 is 2.36 bits per heavy atom. The Hall–Kier alpha value is 0.230. The van der Waals surface area contributed by atoms with Crippen LogP contribution in [0, 0.1) is 5.92 Å². The molecule has 0 aromatic rings. The maximum absolute atomic E-state index is 11.5. The van der Waals surface area contributed by atoms with E-state index >= 15 is 0 Å². The van der Waals surface area contributed by atoms with Crippen LogP contribution in [-0.4, -0.2) is 24.7 Å². The fourth-order valence-corrected chi connectivity index (χ4v) is 0.607. The summed E-state index contributed by atoms with van der Waals surface area (Å²) in [6.45, 7) is 0.806. The molecule has 0 N–H and O–H groups in total. The molecule has 11 heavy (non-hydrogen) atoms. The van der Waals surface area contributed by atoms with E-state index in [4.69, 9.17) is 0 Å². The van der Waals surface area contributed by atoms with E-state index in [0.29, 0.717) is 5.33 Å². The number of ether oxygens (including phenoxy) is 1. The predicted octanol–water partition coefficient (Wildman–Crippen LogP) is 2.60.